The molecule has 5 heteroatoms. The Morgan fingerprint density at radius 3 is 2.50 bits per heavy atom. The molecule has 98 valence electrons. The van der Waals surface area contributed by atoms with E-state index in [0.29, 0.717) is 18.7 Å². The zero-order valence-electron chi connectivity index (χ0n) is 10.5. The molecule has 1 aliphatic rings. The third-order valence-corrected chi connectivity index (χ3v) is 3.44. The fraction of sp³-hybridized carbons (Fsp3) is 0.538. The first-order valence-electron chi connectivity index (χ1n) is 6.08. The molecular weight excluding hydrogens is 235 g/mol. The average Bonchev–Trinajstić information content (AvgIpc) is 2.35. The third-order valence-electron chi connectivity index (χ3n) is 3.44. The largest absolute Gasteiger partial charge is 0.392 e. The maximum Gasteiger partial charge on any atom is 0.255 e. The fourth-order valence-electron chi connectivity index (χ4n) is 2.40. The molecule has 0 aromatic carbocycles. The number of rotatable bonds is 1. The van der Waals surface area contributed by atoms with Crippen molar-refractivity contribution in [1.82, 2.24) is 9.88 Å². The number of likely N-dealkylation sites (tertiary alicyclic amines) is 1. The van der Waals surface area contributed by atoms with E-state index in [1.165, 1.54) is 18.3 Å². The molecule has 0 spiro atoms. The van der Waals surface area contributed by atoms with Crippen LogP contribution in [-0.2, 0) is 0 Å². The Labute approximate surface area is 105 Å². The van der Waals surface area contributed by atoms with Gasteiger partial charge in [-0.15, -0.1) is 0 Å². The maximum absolute atomic E-state index is 12.7. The highest BCUT2D eigenvalue weighted by Gasteiger charge is 2.32. The van der Waals surface area contributed by atoms with Gasteiger partial charge < -0.3 is 10.0 Å². The van der Waals surface area contributed by atoms with Gasteiger partial charge in [-0.3, -0.25) is 4.79 Å². The standard InChI is InChI=1S/C13H17FN2O2/c1-8-6-16(7-9(2)12(8)17)13(18)10-3-4-11(14)15-5-10/h3-5,8-9,12,17H,6-7H2,1-2H3. The van der Waals surface area contributed by atoms with E-state index in [9.17, 15) is 14.3 Å². The van der Waals surface area contributed by atoms with Gasteiger partial charge in [0.15, 0.2) is 0 Å². The molecule has 1 aromatic rings. The normalized spacial score (nSPS) is 28.2. The number of amides is 1. The highest BCUT2D eigenvalue weighted by molar-refractivity contribution is 5.93. The number of hydrogen-bond acceptors (Lipinski definition) is 3. The Hall–Kier alpha value is -1.49. The predicted molar refractivity (Wildman–Crippen MR) is 64.4 cm³/mol. The lowest BCUT2D eigenvalue weighted by Crippen LogP contribution is -2.49. The molecule has 4 nitrogen and oxygen atoms in total. The van der Waals surface area contributed by atoms with Crippen LogP contribution in [0.1, 0.15) is 24.2 Å². The van der Waals surface area contributed by atoms with E-state index in [0.717, 1.165) is 0 Å². The minimum absolute atomic E-state index is 0.0473. The molecule has 1 aliphatic heterocycles. The lowest BCUT2D eigenvalue weighted by atomic mass is 9.88. The lowest BCUT2D eigenvalue weighted by Gasteiger charge is -2.38. The molecule has 2 atom stereocenters. The molecule has 0 radical (unpaired) electrons. The van der Waals surface area contributed by atoms with Gasteiger partial charge in [-0.1, -0.05) is 13.8 Å². The van der Waals surface area contributed by atoms with Gasteiger partial charge in [-0.25, -0.2) is 4.98 Å². The highest BCUT2D eigenvalue weighted by atomic mass is 19.1. The zero-order chi connectivity index (χ0) is 13.3. The van der Waals surface area contributed by atoms with Crippen LogP contribution in [0, 0.1) is 17.8 Å². The van der Waals surface area contributed by atoms with Crippen molar-refractivity contribution >= 4 is 5.91 Å². The van der Waals surface area contributed by atoms with Crippen LogP contribution in [0.4, 0.5) is 4.39 Å². The van der Waals surface area contributed by atoms with Gasteiger partial charge in [0.1, 0.15) is 0 Å². The first-order chi connectivity index (χ1) is 8.49. The van der Waals surface area contributed by atoms with E-state index in [-0.39, 0.29) is 23.8 Å². The topological polar surface area (TPSA) is 53.4 Å². The number of carbonyl (C=O) groups excluding carboxylic acids is 1. The van der Waals surface area contributed by atoms with Gasteiger partial charge >= 0.3 is 0 Å². The van der Waals surface area contributed by atoms with Gasteiger partial charge in [-0.05, 0) is 24.0 Å². The molecule has 2 rings (SSSR count). The molecule has 1 fully saturated rings. The Morgan fingerprint density at radius 1 is 1.39 bits per heavy atom. The van der Waals surface area contributed by atoms with E-state index in [1.54, 1.807) is 4.90 Å². The number of carbonyl (C=O) groups is 1. The van der Waals surface area contributed by atoms with E-state index in [1.807, 2.05) is 13.8 Å². The number of pyridine rings is 1. The summed E-state index contributed by atoms with van der Waals surface area (Å²) in [6.45, 7) is 4.87. The fourth-order valence-corrected chi connectivity index (χ4v) is 2.40. The van der Waals surface area contributed by atoms with Gasteiger partial charge in [0.05, 0.1) is 11.7 Å². The Balaban J connectivity index is 2.12. The summed E-state index contributed by atoms with van der Waals surface area (Å²) in [5.74, 6) is -0.660. The second-order valence-electron chi connectivity index (χ2n) is 5.02. The average molecular weight is 252 g/mol. The molecular formula is C13H17FN2O2. The Bertz CT molecular complexity index is 423. The van der Waals surface area contributed by atoms with E-state index in [4.69, 9.17) is 0 Å². The van der Waals surface area contributed by atoms with Crippen LogP contribution in [0.2, 0.25) is 0 Å². The van der Waals surface area contributed by atoms with Gasteiger partial charge in [0, 0.05) is 19.3 Å². The van der Waals surface area contributed by atoms with Crippen LogP contribution in [0.15, 0.2) is 18.3 Å². The number of hydrogen-bond donors (Lipinski definition) is 1. The summed E-state index contributed by atoms with van der Waals surface area (Å²) in [5.41, 5.74) is 0.382. The summed E-state index contributed by atoms with van der Waals surface area (Å²) in [6, 6.07) is 2.61. The number of aromatic nitrogens is 1. The van der Waals surface area contributed by atoms with Crippen molar-refractivity contribution in [3.05, 3.63) is 29.8 Å². The summed E-state index contributed by atoms with van der Waals surface area (Å²) >= 11 is 0. The number of halogens is 1. The van der Waals surface area contributed by atoms with Crippen LogP contribution in [0.5, 0.6) is 0 Å². The number of aliphatic hydroxyl groups excluding tert-OH is 1. The SMILES string of the molecule is CC1CN(C(=O)c2ccc(F)nc2)CC(C)C1O. The summed E-state index contributed by atoms with van der Waals surface area (Å²) in [4.78, 5) is 17.4. The Morgan fingerprint density at radius 2 is 2.00 bits per heavy atom. The van der Waals surface area contributed by atoms with Crippen molar-refractivity contribution in [2.45, 2.75) is 20.0 Å². The molecule has 2 unspecified atom stereocenters. The number of aliphatic hydroxyl groups is 1. The van der Waals surface area contributed by atoms with Crippen LogP contribution >= 0.6 is 0 Å². The molecule has 2 heterocycles. The minimum atomic E-state index is -0.595. The van der Waals surface area contributed by atoms with Crippen molar-refractivity contribution in [3.63, 3.8) is 0 Å². The van der Waals surface area contributed by atoms with Crippen molar-refractivity contribution in [2.24, 2.45) is 11.8 Å². The first-order valence-corrected chi connectivity index (χ1v) is 6.08. The van der Waals surface area contributed by atoms with Crippen LogP contribution in [0.3, 0.4) is 0 Å². The monoisotopic (exact) mass is 252 g/mol. The molecule has 0 aliphatic carbocycles. The number of piperidine rings is 1. The van der Waals surface area contributed by atoms with Crippen LogP contribution in [0.25, 0.3) is 0 Å². The molecule has 18 heavy (non-hydrogen) atoms. The molecule has 1 N–H and O–H groups in total. The summed E-state index contributed by atoms with van der Waals surface area (Å²) in [5, 5.41) is 9.85. The van der Waals surface area contributed by atoms with Crippen molar-refractivity contribution < 1.29 is 14.3 Å². The maximum atomic E-state index is 12.7. The summed E-state index contributed by atoms with van der Waals surface area (Å²) in [6.07, 6.45) is 0.873. The smallest absolute Gasteiger partial charge is 0.255 e. The summed E-state index contributed by atoms with van der Waals surface area (Å²) < 4.78 is 12.7. The molecule has 0 bridgehead atoms. The molecule has 1 saturated heterocycles. The van der Waals surface area contributed by atoms with Crippen molar-refractivity contribution in [1.29, 1.82) is 0 Å². The minimum Gasteiger partial charge on any atom is -0.392 e. The van der Waals surface area contributed by atoms with E-state index >= 15 is 0 Å². The zero-order valence-corrected chi connectivity index (χ0v) is 10.5. The van der Waals surface area contributed by atoms with Crippen LogP contribution in [-0.4, -0.2) is 40.1 Å². The third kappa shape index (κ3) is 2.51. The first kappa shape index (κ1) is 13.0. The van der Waals surface area contributed by atoms with E-state index < -0.39 is 5.95 Å². The predicted octanol–water partition coefficient (Wildman–Crippen LogP) is 1.31. The van der Waals surface area contributed by atoms with Gasteiger partial charge in [0.25, 0.3) is 5.91 Å². The van der Waals surface area contributed by atoms with E-state index in [2.05, 4.69) is 4.98 Å². The molecule has 1 amide bonds. The van der Waals surface area contributed by atoms with Gasteiger partial charge in [-0.2, -0.15) is 4.39 Å². The lowest BCUT2D eigenvalue weighted by molar-refractivity contribution is -0.00352. The highest BCUT2D eigenvalue weighted by Crippen LogP contribution is 2.23. The quantitative estimate of drug-likeness (QED) is 0.767. The number of nitrogens with zero attached hydrogens (tertiary/aromatic N) is 2. The van der Waals surface area contributed by atoms with Crippen molar-refractivity contribution in [3.8, 4) is 0 Å². The molecule has 0 saturated carbocycles. The molecule has 1 aromatic heterocycles. The Kier molecular flexibility index (Phi) is 3.61. The summed E-state index contributed by atoms with van der Waals surface area (Å²) in [7, 11) is 0. The van der Waals surface area contributed by atoms with Gasteiger partial charge in [0.2, 0.25) is 5.95 Å². The second kappa shape index (κ2) is 5.02. The van der Waals surface area contributed by atoms with Crippen molar-refractivity contribution in [2.75, 3.05) is 13.1 Å². The van der Waals surface area contributed by atoms with Crippen LogP contribution < -0.4 is 0 Å². The second-order valence-corrected chi connectivity index (χ2v) is 5.02.